The van der Waals surface area contributed by atoms with Crippen molar-refractivity contribution in [3.8, 4) is 0 Å². The van der Waals surface area contributed by atoms with E-state index in [-0.39, 0.29) is 35.5 Å². The number of carboxylic acids is 1. The van der Waals surface area contributed by atoms with Gasteiger partial charge < -0.3 is 24.2 Å². The van der Waals surface area contributed by atoms with Gasteiger partial charge >= 0.3 is 5.97 Å². The third-order valence-corrected chi connectivity index (χ3v) is 3.93. The van der Waals surface area contributed by atoms with E-state index in [0.717, 1.165) is 0 Å². The first kappa shape index (κ1) is 19.3. The molecule has 1 unspecified atom stereocenters. The van der Waals surface area contributed by atoms with E-state index < -0.39 is 17.9 Å². The van der Waals surface area contributed by atoms with Crippen molar-refractivity contribution < 1.29 is 28.3 Å². The number of furan rings is 2. The van der Waals surface area contributed by atoms with Crippen LogP contribution in [-0.4, -0.2) is 40.9 Å². The van der Waals surface area contributed by atoms with Crippen LogP contribution in [0, 0.1) is 12.8 Å². The van der Waals surface area contributed by atoms with E-state index in [2.05, 4.69) is 5.32 Å². The molecule has 8 nitrogen and oxygen atoms in total. The zero-order valence-electron chi connectivity index (χ0n) is 15.1. The fourth-order valence-electron chi connectivity index (χ4n) is 2.52. The molecule has 2 aromatic rings. The molecule has 0 spiro atoms. The number of carbonyl (C=O) groups is 3. The summed E-state index contributed by atoms with van der Waals surface area (Å²) in [5.41, 5.74) is 0.0624. The van der Waals surface area contributed by atoms with Gasteiger partial charge in [-0.25, -0.2) is 4.79 Å². The second kappa shape index (κ2) is 7.90. The molecule has 2 aromatic heterocycles. The molecule has 2 N–H and O–H groups in total. The molecule has 0 aliphatic rings. The van der Waals surface area contributed by atoms with Crippen molar-refractivity contribution in [2.45, 2.75) is 33.4 Å². The molecular formula is C18H22N2O6. The van der Waals surface area contributed by atoms with Gasteiger partial charge in [-0.05, 0) is 31.0 Å². The Labute approximate surface area is 150 Å². The Bertz CT molecular complexity index is 791. The van der Waals surface area contributed by atoms with Crippen LogP contribution in [0.15, 0.2) is 33.3 Å². The van der Waals surface area contributed by atoms with Gasteiger partial charge in [0.1, 0.15) is 23.1 Å². The maximum atomic E-state index is 12.7. The molecule has 0 saturated heterocycles. The van der Waals surface area contributed by atoms with Gasteiger partial charge in [0, 0.05) is 7.05 Å². The van der Waals surface area contributed by atoms with Crippen LogP contribution in [0.4, 0.5) is 0 Å². The van der Waals surface area contributed by atoms with Crippen molar-refractivity contribution in [2.24, 2.45) is 5.92 Å². The van der Waals surface area contributed by atoms with E-state index >= 15 is 0 Å². The van der Waals surface area contributed by atoms with Crippen LogP contribution in [-0.2, 0) is 11.3 Å². The minimum atomic E-state index is -1.09. The summed E-state index contributed by atoms with van der Waals surface area (Å²) in [4.78, 5) is 37.4. The summed E-state index contributed by atoms with van der Waals surface area (Å²) >= 11 is 0. The highest BCUT2D eigenvalue weighted by Gasteiger charge is 2.28. The third-order valence-electron chi connectivity index (χ3n) is 3.93. The summed E-state index contributed by atoms with van der Waals surface area (Å²) in [6, 6.07) is 3.74. The lowest BCUT2D eigenvalue weighted by Gasteiger charge is -2.26. The molecule has 0 aliphatic heterocycles. The number of hydrogen-bond donors (Lipinski definition) is 2. The summed E-state index contributed by atoms with van der Waals surface area (Å²) in [6.07, 6.45) is 1.38. The highest BCUT2D eigenvalue weighted by Crippen LogP contribution is 2.17. The molecule has 0 radical (unpaired) electrons. The average molecular weight is 362 g/mol. The molecule has 26 heavy (non-hydrogen) atoms. The van der Waals surface area contributed by atoms with E-state index in [1.165, 1.54) is 23.3 Å². The Kier molecular flexibility index (Phi) is 5.86. The minimum absolute atomic E-state index is 0.0624. The predicted octanol–water partition coefficient (Wildman–Crippen LogP) is 2.29. The number of nitrogens with one attached hydrogen (secondary N) is 1. The molecule has 1 atom stereocenters. The largest absolute Gasteiger partial charge is 0.478 e. The number of carboxylic acid groups (broad SMARTS) is 1. The summed E-state index contributed by atoms with van der Waals surface area (Å²) in [5, 5.41) is 11.7. The Hall–Kier alpha value is -3.03. The molecule has 2 amide bonds. The van der Waals surface area contributed by atoms with Crippen LogP contribution in [0.2, 0.25) is 0 Å². The maximum absolute atomic E-state index is 12.7. The van der Waals surface area contributed by atoms with Crippen molar-refractivity contribution in [1.29, 1.82) is 0 Å². The van der Waals surface area contributed by atoms with Gasteiger partial charge in [0.25, 0.3) is 5.91 Å². The number of hydrogen-bond acceptors (Lipinski definition) is 5. The molecule has 140 valence electrons. The predicted molar refractivity (Wildman–Crippen MR) is 91.7 cm³/mol. The number of nitrogens with zero attached hydrogens (tertiary/aromatic N) is 1. The lowest BCUT2D eigenvalue weighted by Crippen LogP contribution is -2.49. The van der Waals surface area contributed by atoms with Crippen molar-refractivity contribution in [3.05, 3.63) is 47.3 Å². The van der Waals surface area contributed by atoms with Gasteiger partial charge in [-0.1, -0.05) is 13.8 Å². The smallest absolute Gasteiger partial charge is 0.339 e. The standard InChI is InChI=1S/C18H22N2O6/c1-10(2)15(19-16(21)14-6-5-7-25-14)17(22)20(4)9-12-8-13(18(23)24)11(3)26-12/h5-8,10,15H,9H2,1-4H3,(H,19,21)(H,23,24). The quantitative estimate of drug-likeness (QED) is 0.781. The van der Waals surface area contributed by atoms with Gasteiger partial charge in [0.05, 0.1) is 12.8 Å². The first-order valence-electron chi connectivity index (χ1n) is 8.12. The maximum Gasteiger partial charge on any atom is 0.339 e. The molecule has 0 bridgehead atoms. The molecule has 8 heteroatoms. The van der Waals surface area contributed by atoms with Crippen molar-refractivity contribution in [3.63, 3.8) is 0 Å². The highest BCUT2D eigenvalue weighted by molar-refractivity contribution is 5.95. The third kappa shape index (κ3) is 4.33. The summed E-state index contributed by atoms with van der Waals surface area (Å²) in [7, 11) is 1.56. The van der Waals surface area contributed by atoms with Gasteiger partial charge in [-0.15, -0.1) is 0 Å². The SMILES string of the molecule is Cc1oc(CN(C)C(=O)C(NC(=O)c2ccco2)C(C)C)cc1C(=O)O. The summed E-state index contributed by atoms with van der Waals surface area (Å²) < 4.78 is 10.4. The van der Waals surface area contributed by atoms with E-state index in [0.29, 0.717) is 5.76 Å². The van der Waals surface area contributed by atoms with Gasteiger partial charge in [-0.2, -0.15) is 0 Å². The van der Waals surface area contributed by atoms with Gasteiger partial charge in [0.15, 0.2) is 5.76 Å². The molecule has 0 aromatic carbocycles. The fraction of sp³-hybridized carbons (Fsp3) is 0.389. The van der Waals surface area contributed by atoms with E-state index in [4.69, 9.17) is 13.9 Å². The van der Waals surface area contributed by atoms with Crippen LogP contribution in [0.5, 0.6) is 0 Å². The van der Waals surface area contributed by atoms with Gasteiger partial charge in [-0.3, -0.25) is 9.59 Å². The molecule has 0 saturated carbocycles. The van der Waals surface area contributed by atoms with Crippen LogP contribution in [0.3, 0.4) is 0 Å². The molecule has 0 fully saturated rings. The number of amides is 2. The van der Waals surface area contributed by atoms with Crippen LogP contribution in [0.1, 0.15) is 46.3 Å². The zero-order chi connectivity index (χ0) is 19.4. The average Bonchev–Trinajstić information content (AvgIpc) is 3.21. The Morgan fingerprint density at radius 2 is 2.00 bits per heavy atom. The number of aryl methyl sites for hydroxylation is 1. The van der Waals surface area contributed by atoms with Crippen molar-refractivity contribution in [2.75, 3.05) is 7.05 Å². The zero-order valence-corrected chi connectivity index (χ0v) is 15.1. The number of aromatic carboxylic acids is 1. The Morgan fingerprint density at radius 3 is 2.50 bits per heavy atom. The molecule has 2 rings (SSSR count). The highest BCUT2D eigenvalue weighted by atomic mass is 16.4. The van der Waals surface area contributed by atoms with Crippen LogP contribution in [0.25, 0.3) is 0 Å². The number of likely N-dealkylation sites (N-methyl/N-ethyl adjacent to an activating group) is 1. The molecule has 0 aliphatic carbocycles. The molecular weight excluding hydrogens is 340 g/mol. The van der Waals surface area contributed by atoms with Crippen molar-refractivity contribution >= 4 is 17.8 Å². The second-order valence-electron chi connectivity index (χ2n) is 6.35. The van der Waals surface area contributed by atoms with Crippen LogP contribution < -0.4 is 5.32 Å². The number of carbonyl (C=O) groups excluding carboxylic acids is 2. The minimum Gasteiger partial charge on any atom is -0.478 e. The molecule has 2 heterocycles. The number of rotatable bonds is 7. The normalized spacial score (nSPS) is 12.0. The Balaban J connectivity index is 2.09. The van der Waals surface area contributed by atoms with Crippen molar-refractivity contribution in [1.82, 2.24) is 10.2 Å². The van der Waals surface area contributed by atoms with Crippen LogP contribution >= 0.6 is 0 Å². The fourth-order valence-corrected chi connectivity index (χ4v) is 2.52. The first-order valence-corrected chi connectivity index (χ1v) is 8.12. The lowest BCUT2D eigenvalue weighted by atomic mass is 10.0. The van der Waals surface area contributed by atoms with E-state index in [9.17, 15) is 14.4 Å². The first-order chi connectivity index (χ1) is 12.2. The van der Waals surface area contributed by atoms with E-state index in [1.807, 2.05) is 13.8 Å². The topological polar surface area (TPSA) is 113 Å². The summed E-state index contributed by atoms with van der Waals surface area (Å²) in [5.74, 6) is -1.27. The second-order valence-corrected chi connectivity index (χ2v) is 6.35. The summed E-state index contributed by atoms with van der Waals surface area (Å²) in [6.45, 7) is 5.28. The Morgan fingerprint density at radius 1 is 1.31 bits per heavy atom. The monoisotopic (exact) mass is 362 g/mol. The van der Waals surface area contributed by atoms with E-state index in [1.54, 1.807) is 20.0 Å². The lowest BCUT2D eigenvalue weighted by molar-refractivity contribution is -0.133. The van der Waals surface area contributed by atoms with Gasteiger partial charge in [0.2, 0.25) is 5.91 Å².